The van der Waals surface area contributed by atoms with E-state index in [2.05, 4.69) is 12.2 Å². The molecule has 5 heteroatoms. The summed E-state index contributed by atoms with van der Waals surface area (Å²) in [5.41, 5.74) is 0. The maximum atomic E-state index is 12.3. The van der Waals surface area contributed by atoms with E-state index in [9.17, 15) is 4.79 Å². The van der Waals surface area contributed by atoms with Gasteiger partial charge in [-0.3, -0.25) is 4.79 Å². The number of nitrogens with one attached hydrogen (secondary N) is 1. The molecule has 5 nitrogen and oxygen atoms in total. The van der Waals surface area contributed by atoms with Gasteiger partial charge in [0.25, 0.3) is 0 Å². The molecule has 104 valence electrons. The van der Waals surface area contributed by atoms with Gasteiger partial charge in [-0.15, -0.1) is 0 Å². The van der Waals surface area contributed by atoms with E-state index in [4.69, 9.17) is 9.84 Å². The van der Waals surface area contributed by atoms with Crippen LogP contribution >= 0.6 is 0 Å². The minimum absolute atomic E-state index is 0.0738. The van der Waals surface area contributed by atoms with Crippen LogP contribution in [-0.4, -0.2) is 61.4 Å². The maximum absolute atomic E-state index is 12.3. The number of piperidine rings is 1. The van der Waals surface area contributed by atoms with Crippen LogP contribution in [0.1, 0.15) is 19.8 Å². The van der Waals surface area contributed by atoms with Crippen molar-refractivity contribution in [2.75, 3.05) is 39.4 Å². The Bertz CT molecular complexity index is 277. The van der Waals surface area contributed by atoms with Crippen molar-refractivity contribution in [2.45, 2.75) is 25.9 Å². The first-order valence-electron chi connectivity index (χ1n) is 6.94. The minimum atomic E-state index is 0.0738. The molecule has 2 aliphatic rings. The number of nitrogens with zero attached hydrogens (tertiary/aromatic N) is 1. The van der Waals surface area contributed by atoms with Crippen LogP contribution < -0.4 is 5.32 Å². The van der Waals surface area contributed by atoms with E-state index < -0.39 is 0 Å². The first-order chi connectivity index (χ1) is 8.72. The smallest absolute Gasteiger partial charge is 0.227 e. The van der Waals surface area contributed by atoms with Gasteiger partial charge in [0.2, 0.25) is 5.91 Å². The summed E-state index contributed by atoms with van der Waals surface area (Å²) in [6, 6.07) is 0. The Morgan fingerprint density at radius 3 is 2.67 bits per heavy atom. The van der Waals surface area contributed by atoms with Gasteiger partial charge >= 0.3 is 0 Å². The summed E-state index contributed by atoms with van der Waals surface area (Å²) in [6.07, 6.45) is 1.99. The average Bonchev–Trinajstić information content (AvgIpc) is 2.82. The van der Waals surface area contributed by atoms with Gasteiger partial charge < -0.3 is 20.1 Å². The van der Waals surface area contributed by atoms with Crippen molar-refractivity contribution in [3.63, 3.8) is 0 Å². The molecule has 2 saturated heterocycles. The lowest BCUT2D eigenvalue weighted by Gasteiger charge is -2.34. The number of likely N-dealkylation sites (tertiary alicyclic amines) is 1. The van der Waals surface area contributed by atoms with Crippen LogP contribution in [0.3, 0.4) is 0 Å². The van der Waals surface area contributed by atoms with E-state index in [0.29, 0.717) is 18.4 Å². The van der Waals surface area contributed by atoms with Crippen LogP contribution in [0.15, 0.2) is 0 Å². The van der Waals surface area contributed by atoms with Gasteiger partial charge in [-0.05, 0) is 25.3 Å². The number of hydrogen-bond donors (Lipinski definition) is 2. The summed E-state index contributed by atoms with van der Waals surface area (Å²) in [4.78, 5) is 14.3. The van der Waals surface area contributed by atoms with Gasteiger partial charge in [-0.2, -0.15) is 0 Å². The number of carbonyl (C=O) groups is 1. The molecule has 1 amide bonds. The van der Waals surface area contributed by atoms with Crippen LogP contribution in [-0.2, 0) is 9.53 Å². The molecular formula is C13H24N2O3. The Balaban J connectivity index is 1.77. The van der Waals surface area contributed by atoms with E-state index in [1.165, 1.54) is 0 Å². The van der Waals surface area contributed by atoms with Gasteiger partial charge in [-0.1, -0.05) is 6.92 Å². The normalized spacial score (nSPS) is 29.8. The predicted molar refractivity (Wildman–Crippen MR) is 68.2 cm³/mol. The van der Waals surface area contributed by atoms with Crippen LogP contribution in [0.5, 0.6) is 0 Å². The molecule has 0 aromatic rings. The van der Waals surface area contributed by atoms with E-state index in [-0.39, 0.29) is 18.6 Å². The van der Waals surface area contributed by atoms with Crippen molar-refractivity contribution in [3.05, 3.63) is 0 Å². The molecule has 0 aromatic heterocycles. The Morgan fingerprint density at radius 2 is 2.11 bits per heavy atom. The van der Waals surface area contributed by atoms with Crippen molar-refractivity contribution in [1.29, 1.82) is 0 Å². The largest absolute Gasteiger partial charge is 0.394 e. The summed E-state index contributed by atoms with van der Waals surface area (Å²) in [5.74, 6) is 0.897. The van der Waals surface area contributed by atoms with E-state index >= 15 is 0 Å². The number of amides is 1. The zero-order chi connectivity index (χ0) is 13.0. The molecule has 2 heterocycles. The zero-order valence-electron chi connectivity index (χ0n) is 11.1. The summed E-state index contributed by atoms with van der Waals surface area (Å²) >= 11 is 0. The topological polar surface area (TPSA) is 61.8 Å². The van der Waals surface area contributed by atoms with Crippen molar-refractivity contribution in [3.8, 4) is 0 Å². The van der Waals surface area contributed by atoms with E-state index in [1.54, 1.807) is 0 Å². The standard InChI is InChI=1S/C13H24N2O3/c1-10-8-14-9-12(10)13(17)15-4-2-11(3-5-15)18-7-6-16/h10-12,14,16H,2-9H2,1H3/t10-,12-/m1/s1. The number of aliphatic hydroxyl groups excluding tert-OH is 1. The van der Waals surface area contributed by atoms with Crippen molar-refractivity contribution in [1.82, 2.24) is 10.2 Å². The molecule has 0 aliphatic carbocycles. The molecular weight excluding hydrogens is 232 g/mol. The first-order valence-corrected chi connectivity index (χ1v) is 6.94. The highest BCUT2D eigenvalue weighted by atomic mass is 16.5. The summed E-state index contributed by atoms with van der Waals surface area (Å²) < 4.78 is 5.51. The molecule has 0 aromatic carbocycles. The highest BCUT2D eigenvalue weighted by Gasteiger charge is 2.34. The lowest BCUT2D eigenvalue weighted by atomic mass is 9.95. The number of ether oxygens (including phenoxy) is 1. The monoisotopic (exact) mass is 256 g/mol. The van der Waals surface area contributed by atoms with E-state index in [1.807, 2.05) is 4.90 Å². The second-order valence-electron chi connectivity index (χ2n) is 5.36. The highest BCUT2D eigenvalue weighted by Crippen LogP contribution is 2.22. The lowest BCUT2D eigenvalue weighted by Crippen LogP contribution is -2.45. The first kappa shape index (κ1) is 13.8. The van der Waals surface area contributed by atoms with Crippen molar-refractivity contribution in [2.24, 2.45) is 11.8 Å². The molecule has 0 bridgehead atoms. The van der Waals surface area contributed by atoms with Crippen LogP contribution in [0.2, 0.25) is 0 Å². The fourth-order valence-electron chi connectivity index (χ4n) is 2.84. The van der Waals surface area contributed by atoms with Crippen LogP contribution in [0, 0.1) is 11.8 Å². The second-order valence-corrected chi connectivity index (χ2v) is 5.36. The molecule has 0 spiro atoms. The molecule has 0 unspecified atom stereocenters. The van der Waals surface area contributed by atoms with Gasteiger partial charge in [-0.25, -0.2) is 0 Å². The molecule has 2 fully saturated rings. The van der Waals surface area contributed by atoms with Crippen molar-refractivity contribution >= 4 is 5.91 Å². The molecule has 2 rings (SSSR count). The van der Waals surface area contributed by atoms with Crippen molar-refractivity contribution < 1.29 is 14.6 Å². The summed E-state index contributed by atoms with van der Waals surface area (Å²) in [7, 11) is 0. The Morgan fingerprint density at radius 1 is 1.39 bits per heavy atom. The molecule has 0 radical (unpaired) electrons. The zero-order valence-corrected chi connectivity index (χ0v) is 11.1. The SMILES string of the molecule is C[C@@H]1CNC[C@H]1C(=O)N1CCC(OCCO)CC1. The highest BCUT2D eigenvalue weighted by molar-refractivity contribution is 5.79. The van der Waals surface area contributed by atoms with Crippen LogP contribution in [0.25, 0.3) is 0 Å². The maximum Gasteiger partial charge on any atom is 0.227 e. The molecule has 2 N–H and O–H groups in total. The van der Waals surface area contributed by atoms with Gasteiger partial charge in [0.15, 0.2) is 0 Å². The summed E-state index contributed by atoms with van der Waals surface area (Å²) in [6.45, 7) is 5.97. The van der Waals surface area contributed by atoms with Gasteiger partial charge in [0, 0.05) is 19.6 Å². The van der Waals surface area contributed by atoms with Gasteiger partial charge in [0.1, 0.15) is 0 Å². The third-order valence-electron chi connectivity index (χ3n) is 4.03. The Labute approximate surface area is 108 Å². The fraction of sp³-hybridized carbons (Fsp3) is 0.923. The fourth-order valence-corrected chi connectivity index (χ4v) is 2.84. The third-order valence-corrected chi connectivity index (χ3v) is 4.03. The molecule has 2 atom stereocenters. The van der Waals surface area contributed by atoms with Gasteiger partial charge in [0.05, 0.1) is 25.2 Å². The quantitative estimate of drug-likeness (QED) is 0.734. The molecule has 2 aliphatic heterocycles. The van der Waals surface area contributed by atoms with E-state index in [0.717, 1.165) is 39.0 Å². The number of carbonyl (C=O) groups excluding carboxylic acids is 1. The molecule has 18 heavy (non-hydrogen) atoms. The number of aliphatic hydroxyl groups is 1. The lowest BCUT2D eigenvalue weighted by molar-refractivity contribution is -0.138. The Hall–Kier alpha value is -0.650. The summed E-state index contributed by atoms with van der Waals surface area (Å²) in [5, 5.41) is 12.0. The van der Waals surface area contributed by atoms with Crippen LogP contribution in [0.4, 0.5) is 0 Å². The predicted octanol–water partition coefficient (Wildman–Crippen LogP) is -0.158. The average molecular weight is 256 g/mol. The third kappa shape index (κ3) is 3.22. The number of hydrogen-bond acceptors (Lipinski definition) is 4. The molecule has 0 saturated carbocycles. The minimum Gasteiger partial charge on any atom is -0.394 e. The Kier molecular flexibility index (Phi) is 4.97. The number of rotatable bonds is 4. The second kappa shape index (κ2) is 6.50.